The molecule has 36 heavy (non-hydrogen) atoms. The summed E-state index contributed by atoms with van der Waals surface area (Å²) in [6.45, 7) is 0.533. The zero-order chi connectivity index (χ0) is 24.8. The summed E-state index contributed by atoms with van der Waals surface area (Å²) in [5, 5.41) is 41.5. The number of carbonyl (C=O) groups is 1. The van der Waals surface area contributed by atoms with Gasteiger partial charge in [-0.15, -0.1) is 0 Å². The zero-order valence-electron chi connectivity index (χ0n) is 19.6. The molecule has 0 aromatic heterocycles. The summed E-state index contributed by atoms with van der Waals surface area (Å²) in [7, 11) is 0. The van der Waals surface area contributed by atoms with E-state index < -0.39 is 36.7 Å². The van der Waals surface area contributed by atoms with Crippen molar-refractivity contribution in [2.45, 2.75) is 43.9 Å². The van der Waals surface area contributed by atoms with Crippen LogP contribution in [0.1, 0.15) is 11.1 Å². The molecule has 10 heteroatoms. The molecule has 184 valence electrons. The van der Waals surface area contributed by atoms with E-state index in [9.17, 15) is 25.2 Å². The molecule has 1 aliphatic heterocycles. The van der Waals surface area contributed by atoms with Gasteiger partial charge >= 0.3 is 29.6 Å². The number of aliphatic hydroxyl groups is 3. The van der Waals surface area contributed by atoms with Gasteiger partial charge in [-0.2, -0.15) is 0 Å². The first-order chi connectivity index (χ1) is 16.9. The molecule has 1 heterocycles. The molecule has 3 aromatic rings. The Balaban J connectivity index is 0.00000361. The number of carboxylic acid groups (broad SMARTS) is 1. The SMILES string of the molecule is O=C([O-])[C@H]1O[C@@H](Oc2cc(OCc3ccccc3)cc(OCc3ccccc3)c2)[C@H](O)[C@@H](O)[C@@H]1O.[Na+]. The van der Waals surface area contributed by atoms with E-state index in [1.54, 1.807) is 6.07 Å². The second kappa shape index (κ2) is 13.1. The van der Waals surface area contributed by atoms with Crippen molar-refractivity contribution in [1.29, 1.82) is 0 Å². The van der Waals surface area contributed by atoms with Gasteiger partial charge in [0.1, 0.15) is 54.9 Å². The summed E-state index contributed by atoms with van der Waals surface area (Å²) in [6, 6.07) is 23.7. The molecule has 0 aliphatic carbocycles. The third-order valence-electron chi connectivity index (χ3n) is 5.40. The normalized spacial score (nSPS) is 23.2. The molecule has 1 saturated heterocycles. The second-order valence-corrected chi connectivity index (χ2v) is 8.02. The average molecular weight is 504 g/mol. The Morgan fingerprint density at radius 2 is 1.22 bits per heavy atom. The van der Waals surface area contributed by atoms with Crippen molar-refractivity contribution >= 4 is 5.97 Å². The van der Waals surface area contributed by atoms with E-state index in [1.165, 1.54) is 12.1 Å². The molecule has 0 spiro atoms. The molecular formula is C26H25NaO9. The van der Waals surface area contributed by atoms with Gasteiger partial charge in [0, 0.05) is 18.2 Å². The number of rotatable bonds is 9. The Hall–Kier alpha value is -2.63. The van der Waals surface area contributed by atoms with Crippen molar-refractivity contribution in [2.75, 3.05) is 0 Å². The number of benzene rings is 3. The van der Waals surface area contributed by atoms with Crippen molar-refractivity contribution in [1.82, 2.24) is 0 Å². The smallest absolute Gasteiger partial charge is 0.547 e. The molecule has 0 amide bonds. The van der Waals surface area contributed by atoms with Gasteiger partial charge in [0.2, 0.25) is 6.29 Å². The van der Waals surface area contributed by atoms with Crippen LogP contribution in [0.25, 0.3) is 0 Å². The largest absolute Gasteiger partial charge is 1.00 e. The van der Waals surface area contributed by atoms with Crippen LogP contribution in [0, 0.1) is 0 Å². The molecule has 0 saturated carbocycles. The predicted molar refractivity (Wildman–Crippen MR) is 120 cm³/mol. The van der Waals surface area contributed by atoms with Gasteiger partial charge in [0.15, 0.2) is 0 Å². The third kappa shape index (κ3) is 7.21. The maximum absolute atomic E-state index is 11.3. The predicted octanol–water partition coefficient (Wildman–Crippen LogP) is -2.22. The minimum Gasteiger partial charge on any atom is -0.547 e. The minimum atomic E-state index is -1.88. The Morgan fingerprint density at radius 3 is 1.69 bits per heavy atom. The van der Waals surface area contributed by atoms with Gasteiger partial charge in [-0.1, -0.05) is 60.7 Å². The quantitative estimate of drug-likeness (QED) is 0.277. The molecule has 3 N–H and O–H groups in total. The fourth-order valence-corrected chi connectivity index (χ4v) is 3.54. The fraction of sp³-hybridized carbons (Fsp3) is 0.269. The number of hydrogen-bond acceptors (Lipinski definition) is 9. The average Bonchev–Trinajstić information content (AvgIpc) is 2.87. The molecule has 0 unspecified atom stereocenters. The van der Waals surface area contributed by atoms with E-state index in [1.807, 2.05) is 60.7 Å². The van der Waals surface area contributed by atoms with Gasteiger partial charge in [-0.25, -0.2) is 0 Å². The summed E-state index contributed by atoms with van der Waals surface area (Å²) < 4.78 is 22.6. The molecule has 0 radical (unpaired) electrons. The zero-order valence-corrected chi connectivity index (χ0v) is 21.6. The first-order valence-corrected chi connectivity index (χ1v) is 11.0. The van der Waals surface area contributed by atoms with Crippen LogP contribution in [0.2, 0.25) is 0 Å². The first kappa shape index (κ1) is 27.9. The number of carboxylic acids is 1. The van der Waals surface area contributed by atoms with E-state index in [0.717, 1.165) is 11.1 Å². The van der Waals surface area contributed by atoms with Crippen LogP contribution in [0.5, 0.6) is 17.2 Å². The van der Waals surface area contributed by atoms with Crippen LogP contribution in [-0.2, 0) is 22.7 Å². The standard InChI is InChI=1S/C26H26O9.Na/c27-21-22(28)24(25(30)31)35-26(23(21)29)34-20-12-18(32-14-16-7-3-1-4-8-16)11-19(13-20)33-15-17-9-5-2-6-10-17;/h1-13,21-24,26-29H,14-15H2,(H,30,31);/q;+1/p-1/t21-,22-,23+,24-,26+;/m0./s1. The van der Waals surface area contributed by atoms with Gasteiger partial charge in [-0.3, -0.25) is 0 Å². The van der Waals surface area contributed by atoms with E-state index in [4.69, 9.17) is 18.9 Å². The van der Waals surface area contributed by atoms with Crippen molar-refractivity contribution < 1.29 is 73.7 Å². The Morgan fingerprint density at radius 1 is 0.750 bits per heavy atom. The van der Waals surface area contributed by atoms with Crippen LogP contribution >= 0.6 is 0 Å². The van der Waals surface area contributed by atoms with Crippen LogP contribution in [0.15, 0.2) is 78.9 Å². The maximum atomic E-state index is 11.3. The molecular weight excluding hydrogens is 479 g/mol. The van der Waals surface area contributed by atoms with E-state index in [0.29, 0.717) is 11.5 Å². The Kier molecular flexibility index (Phi) is 10.1. The molecule has 1 fully saturated rings. The topological polar surface area (TPSA) is 138 Å². The van der Waals surface area contributed by atoms with E-state index >= 15 is 0 Å². The van der Waals surface area contributed by atoms with Crippen LogP contribution in [0.4, 0.5) is 0 Å². The summed E-state index contributed by atoms with van der Waals surface area (Å²) in [6.07, 6.45) is -8.89. The second-order valence-electron chi connectivity index (χ2n) is 8.02. The summed E-state index contributed by atoms with van der Waals surface area (Å²) in [4.78, 5) is 11.3. The molecule has 5 atom stereocenters. The monoisotopic (exact) mass is 504 g/mol. The van der Waals surface area contributed by atoms with Gasteiger partial charge in [-0.05, 0) is 11.1 Å². The number of ether oxygens (including phenoxy) is 4. The summed E-state index contributed by atoms with van der Waals surface area (Å²) >= 11 is 0. The van der Waals surface area contributed by atoms with Crippen LogP contribution < -0.4 is 48.9 Å². The van der Waals surface area contributed by atoms with E-state index in [-0.39, 0.29) is 48.5 Å². The van der Waals surface area contributed by atoms with Gasteiger partial charge in [0.05, 0.1) is 5.97 Å². The minimum absolute atomic E-state index is 0. The maximum Gasteiger partial charge on any atom is 1.00 e. The van der Waals surface area contributed by atoms with E-state index in [2.05, 4.69) is 0 Å². The fourth-order valence-electron chi connectivity index (χ4n) is 3.54. The number of aliphatic hydroxyl groups excluding tert-OH is 3. The van der Waals surface area contributed by atoms with Crippen molar-refractivity contribution in [3.8, 4) is 17.2 Å². The molecule has 4 rings (SSSR count). The third-order valence-corrected chi connectivity index (χ3v) is 5.40. The van der Waals surface area contributed by atoms with Gasteiger partial charge in [0.25, 0.3) is 0 Å². The Bertz CT molecular complexity index is 1050. The molecule has 3 aromatic carbocycles. The molecule has 1 aliphatic rings. The number of hydrogen-bond donors (Lipinski definition) is 3. The van der Waals surface area contributed by atoms with Gasteiger partial charge < -0.3 is 44.2 Å². The van der Waals surface area contributed by atoms with Crippen molar-refractivity contribution in [2.24, 2.45) is 0 Å². The van der Waals surface area contributed by atoms with Crippen molar-refractivity contribution in [3.63, 3.8) is 0 Å². The molecule has 0 bridgehead atoms. The van der Waals surface area contributed by atoms with Crippen LogP contribution in [-0.4, -0.2) is 52.0 Å². The summed E-state index contributed by atoms with van der Waals surface area (Å²) in [5.41, 5.74) is 1.87. The first-order valence-electron chi connectivity index (χ1n) is 11.0. The van der Waals surface area contributed by atoms with Crippen LogP contribution in [0.3, 0.4) is 0 Å². The number of carbonyl (C=O) groups excluding carboxylic acids is 1. The Labute approximate surface area is 230 Å². The summed E-state index contributed by atoms with van der Waals surface area (Å²) in [5.74, 6) is -0.847. The molecule has 9 nitrogen and oxygen atoms in total. The number of aliphatic carboxylic acids is 1. The van der Waals surface area contributed by atoms with Crippen molar-refractivity contribution in [3.05, 3.63) is 90.0 Å².